The molecule has 0 aromatic heterocycles. The molecule has 0 aromatic rings. The maximum atomic E-state index is 9.64. The highest BCUT2D eigenvalue weighted by atomic mass is 16.6. The predicted molar refractivity (Wildman–Crippen MR) is 48.6 cm³/mol. The number of rotatable bonds is 4. The van der Waals surface area contributed by atoms with E-state index in [1.807, 2.05) is 20.8 Å². The van der Waals surface area contributed by atoms with E-state index >= 15 is 0 Å². The van der Waals surface area contributed by atoms with E-state index in [-0.39, 0.29) is 18.0 Å². The van der Waals surface area contributed by atoms with Crippen molar-refractivity contribution in [2.24, 2.45) is 16.0 Å². The largest absolute Gasteiger partial charge is 0.389 e. The lowest BCUT2D eigenvalue weighted by Crippen LogP contribution is -2.27. The maximum Gasteiger partial charge on any atom is 0.258 e. The molecule has 0 heterocycles. The fourth-order valence-electron chi connectivity index (χ4n) is 0.381. The first kappa shape index (κ1) is 11.4. The van der Waals surface area contributed by atoms with Crippen molar-refractivity contribution in [3.63, 3.8) is 0 Å². The van der Waals surface area contributed by atoms with E-state index < -0.39 is 0 Å². The van der Waals surface area contributed by atoms with Crippen LogP contribution in [0, 0.1) is 0 Å². The molecule has 0 amide bonds. The van der Waals surface area contributed by atoms with Gasteiger partial charge >= 0.3 is 0 Å². The zero-order chi connectivity index (χ0) is 10.3. The molecule has 3 N–H and O–H groups in total. The summed E-state index contributed by atoms with van der Waals surface area (Å²) >= 11 is 0. The van der Waals surface area contributed by atoms with Gasteiger partial charge in [-0.15, -0.1) is 0 Å². The molecule has 0 rings (SSSR count). The Morgan fingerprint density at radius 2 is 2.23 bits per heavy atom. The Morgan fingerprint density at radius 3 is 2.69 bits per heavy atom. The van der Waals surface area contributed by atoms with E-state index in [0.29, 0.717) is 0 Å². The predicted octanol–water partition coefficient (Wildman–Crippen LogP) is -0.0859. The topological polar surface area (TPSA) is 89.1 Å². The summed E-state index contributed by atoms with van der Waals surface area (Å²) in [5.41, 5.74) is 7.35. The van der Waals surface area contributed by atoms with Crippen molar-refractivity contribution < 1.29 is 9.63 Å². The molecule has 74 valence electrons. The number of oxime groups is 1. The van der Waals surface area contributed by atoms with E-state index in [0.717, 1.165) is 0 Å². The fraction of sp³-hybridized carbons (Fsp3) is 0.714. The quantitative estimate of drug-likeness (QED) is 0.278. The van der Waals surface area contributed by atoms with Crippen molar-refractivity contribution >= 4 is 11.9 Å². The molecule has 0 aliphatic rings. The molecule has 0 aromatic carbocycles. The standard InChI is InChI=1S/C7H14N4O2/c1-7(2,3)13-11-6(8)4-9-10-5-12/h9H,4H2,1-3H3,(H2,8,11). The van der Waals surface area contributed by atoms with E-state index in [1.54, 1.807) is 0 Å². The number of nitrogens with two attached hydrogens (primary N) is 1. The van der Waals surface area contributed by atoms with Crippen molar-refractivity contribution in [2.45, 2.75) is 26.4 Å². The van der Waals surface area contributed by atoms with Crippen LogP contribution in [0.15, 0.2) is 10.3 Å². The van der Waals surface area contributed by atoms with Crippen LogP contribution in [-0.4, -0.2) is 24.1 Å². The summed E-state index contributed by atoms with van der Waals surface area (Å²) in [7, 11) is 0. The van der Waals surface area contributed by atoms with Crippen LogP contribution < -0.4 is 11.2 Å². The molecule has 0 unspecified atom stereocenters. The minimum absolute atomic E-state index is 0.158. The number of hydrazone groups is 1. The highest BCUT2D eigenvalue weighted by Crippen LogP contribution is 2.06. The molecule has 0 aliphatic carbocycles. The second kappa shape index (κ2) is 5.16. The number of nitrogens with one attached hydrogen (secondary N) is 1. The van der Waals surface area contributed by atoms with Crippen LogP contribution in [0.25, 0.3) is 0 Å². The highest BCUT2D eigenvalue weighted by molar-refractivity contribution is 5.81. The SMILES string of the molecule is CC(C)(C)O/N=C(\N)CNN=C=O. The Labute approximate surface area is 76.8 Å². The summed E-state index contributed by atoms with van der Waals surface area (Å²) in [6.45, 7) is 5.70. The summed E-state index contributed by atoms with van der Waals surface area (Å²) in [6, 6.07) is 0. The third-order valence-electron chi connectivity index (χ3n) is 0.822. The van der Waals surface area contributed by atoms with Gasteiger partial charge in [0, 0.05) is 0 Å². The first-order valence-corrected chi connectivity index (χ1v) is 3.76. The highest BCUT2D eigenvalue weighted by Gasteiger charge is 2.10. The van der Waals surface area contributed by atoms with E-state index in [9.17, 15) is 4.79 Å². The van der Waals surface area contributed by atoms with Gasteiger partial charge in [0.15, 0.2) is 5.84 Å². The van der Waals surface area contributed by atoms with Crippen LogP contribution in [0.3, 0.4) is 0 Å². The molecular formula is C7H14N4O2. The lowest BCUT2D eigenvalue weighted by molar-refractivity contribution is 0.000430. The molecule has 0 spiro atoms. The van der Waals surface area contributed by atoms with Crippen LogP contribution >= 0.6 is 0 Å². The number of hydrogen-bond acceptors (Lipinski definition) is 5. The minimum atomic E-state index is -0.376. The summed E-state index contributed by atoms with van der Waals surface area (Å²) in [6.07, 6.45) is 1.31. The maximum absolute atomic E-state index is 9.64. The molecule has 0 saturated carbocycles. The van der Waals surface area contributed by atoms with Gasteiger partial charge in [0.05, 0.1) is 6.54 Å². The second-order valence-corrected chi connectivity index (χ2v) is 3.32. The zero-order valence-electron chi connectivity index (χ0n) is 8.00. The zero-order valence-corrected chi connectivity index (χ0v) is 8.00. The van der Waals surface area contributed by atoms with Crippen molar-refractivity contribution in [3.05, 3.63) is 0 Å². The fourth-order valence-corrected chi connectivity index (χ4v) is 0.381. The van der Waals surface area contributed by atoms with Gasteiger partial charge in [-0.1, -0.05) is 10.3 Å². The van der Waals surface area contributed by atoms with Gasteiger partial charge in [0.2, 0.25) is 0 Å². The van der Waals surface area contributed by atoms with Gasteiger partial charge in [-0.2, -0.15) is 0 Å². The number of amidine groups is 1. The third-order valence-corrected chi connectivity index (χ3v) is 0.822. The van der Waals surface area contributed by atoms with Crippen molar-refractivity contribution in [3.8, 4) is 0 Å². The molecule has 0 saturated heterocycles. The van der Waals surface area contributed by atoms with Gasteiger partial charge in [-0.25, -0.2) is 4.79 Å². The average Bonchev–Trinajstić information content (AvgIpc) is 2.00. The lowest BCUT2D eigenvalue weighted by atomic mass is 10.2. The molecule has 0 aliphatic heterocycles. The van der Waals surface area contributed by atoms with Gasteiger partial charge in [0.25, 0.3) is 6.08 Å². The van der Waals surface area contributed by atoms with Crippen LogP contribution in [0.5, 0.6) is 0 Å². The molecular weight excluding hydrogens is 172 g/mol. The molecule has 0 atom stereocenters. The summed E-state index contributed by atoms with van der Waals surface area (Å²) < 4.78 is 0. The van der Waals surface area contributed by atoms with Crippen LogP contribution in [-0.2, 0) is 9.63 Å². The van der Waals surface area contributed by atoms with Gasteiger partial charge in [-0.3, -0.25) is 5.43 Å². The van der Waals surface area contributed by atoms with Crippen molar-refractivity contribution in [1.29, 1.82) is 0 Å². The third kappa shape index (κ3) is 8.36. The summed E-state index contributed by atoms with van der Waals surface area (Å²) in [5, 5.41) is 6.69. The van der Waals surface area contributed by atoms with Gasteiger partial charge < -0.3 is 10.6 Å². The van der Waals surface area contributed by atoms with Crippen LogP contribution in [0.4, 0.5) is 0 Å². The Bertz CT molecular complexity index is 225. The van der Waals surface area contributed by atoms with E-state index in [4.69, 9.17) is 10.6 Å². The number of carbonyl (C=O) groups excluding carboxylic acids is 1. The first-order valence-electron chi connectivity index (χ1n) is 3.76. The van der Waals surface area contributed by atoms with E-state index in [1.165, 1.54) is 6.08 Å². The Kier molecular flexibility index (Phi) is 4.54. The molecule has 6 heteroatoms. The smallest absolute Gasteiger partial charge is 0.258 e. The first-order chi connectivity index (χ1) is 5.95. The Hall–Kier alpha value is -1.55. The molecule has 0 radical (unpaired) electrons. The second-order valence-electron chi connectivity index (χ2n) is 3.32. The van der Waals surface area contributed by atoms with Crippen molar-refractivity contribution in [2.75, 3.05) is 6.54 Å². The van der Waals surface area contributed by atoms with Gasteiger partial charge in [-0.05, 0) is 20.8 Å². The molecule has 13 heavy (non-hydrogen) atoms. The van der Waals surface area contributed by atoms with Crippen LogP contribution in [0.2, 0.25) is 0 Å². The number of nitrogens with zero attached hydrogens (tertiary/aromatic N) is 2. The Morgan fingerprint density at radius 1 is 1.62 bits per heavy atom. The minimum Gasteiger partial charge on any atom is -0.389 e. The normalized spacial score (nSPS) is 11.8. The van der Waals surface area contributed by atoms with Gasteiger partial charge in [0.1, 0.15) is 5.60 Å². The van der Waals surface area contributed by atoms with Crippen LogP contribution in [0.1, 0.15) is 20.8 Å². The summed E-state index contributed by atoms with van der Waals surface area (Å²) in [4.78, 5) is 14.6. The number of hydrogen-bond donors (Lipinski definition) is 2. The number of isocyanates is 1. The monoisotopic (exact) mass is 186 g/mol. The summed E-state index contributed by atoms with van der Waals surface area (Å²) in [5.74, 6) is 0.217. The lowest BCUT2D eigenvalue weighted by Gasteiger charge is -2.15. The molecule has 0 bridgehead atoms. The molecule has 6 nitrogen and oxygen atoms in total. The average molecular weight is 186 g/mol. The Balaban J connectivity index is 3.82. The van der Waals surface area contributed by atoms with E-state index in [2.05, 4.69) is 15.7 Å². The van der Waals surface area contributed by atoms with Crippen molar-refractivity contribution in [1.82, 2.24) is 5.43 Å². The molecule has 0 fully saturated rings.